The number of nitrogens with zero attached hydrogens (tertiary/aromatic N) is 1. The largest absolute Gasteiger partial charge is 0.298 e. The Bertz CT molecular complexity index is 372. The van der Waals surface area contributed by atoms with Crippen molar-refractivity contribution in [3.05, 3.63) is 23.8 Å². The smallest absolute Gasteiger partial charge is 0.146 e. The SMILES string of the molecule is CC12CC=CC[C@@H](C#N)C1=CCC2=O. The number of hydrogen-bond acceptors (Lipinski definition) is 2. The molecule has 0 saturated carbocycles. The van der Waals surface area contributed by atoms with Crippen LogP contribution in [-0.4, -0.2) is 5.78 Å². The van der Waals surface area contributed by atoms with Gasteiger partial charge >= 0.3 is 0 Å². The fourth-order valence-corrected chi connectivity index (χ4v) is 2.37. The van der Waals surface area contributed by atoms with Gasteiger partial charge in [0.05, 0.1) is 17.4 Å². The number of carbonyl (C=O) groups excluding carboxylic acids is 1. The number of nitriles is 1. The maximum atomic E-state index is 11.7. The molecule has 0 N–H and O–H groups in total. The molecule has 0 fully saturated rings. The zero-order valence-electron chi connectivity index (χ0n) is 8.29. The minimum absolute atomic E-state index is 0.0924. The Kier molecular flexibility index (Phi) is 2.03. The molecule has 2 rings (SSSR count). The van der Waals surface area contributed by atoms with Gasteiger partial charge in [0.1, 0.15) is 5.78 Å². The van der Waals surface area contributed by atoms with Gasteiger partial charge in [0.25, 0.3) is 0 Å². The quantitative estimate of drug-likeness (QED) is 0.546. The summed E-state index contributed by atoms with van der Waals surface area (Å²) < 4.78 is 0. The molecule has 0 aromatic heterocycles. The Balaban J connectivity index is 2.43. The lowest BCUT2D eigenvalue weighted by atomic mass is 9.75. The van der Waals surface area contributed by atoms with Crippen molar-refractivity contribution < 1.29 is 4.79 Å². The van der Waals surface area contributed by atoms with Crippen LogP contribution in [0.4, 0.5) is 0 Å². The summed E-state index contributed by atoms with van der Waals surface area (Å²) in [7, 11) is 0. The van der Waals surface area contributed by atoms with Crippen molar-refractivity contribution >= 4 is 5.78 Å². The van der Waals surface area contributed by atoms with Crippen molar-refractivity contribution in [3.63, 3.8) is 0 Å². The van der Waals surface area contributed by atoms with Crippen molar-refractivity contribution in [3.8, 4) is 6.07 Å². The molecule has 0 amide bonds. The molecule has 14 heavy (non-hydrogen) atoms. The highest BCUT2D eigenvalue weighted by atomic mass is 16.1. The third-order valence-electron chi connectivity index (χ3n) is 3.36. The monoisotopic (exact) mass is 187 g/mol. The number of Topliss-reactive ketones (excluding diaryl/α,β-unsaturated/α-hetero) is 1. The first-order valence-electron chi connectivity index (χ1n) is 4.97. The molecule has 0 aromatic rings. The molecule has 2 aliphatic carbocycles. The van der Waals surface area contributed by atoms with E-state index >= 15 is 0 Å². The van der Waals surface area contributed by atoms with Crippen LogP contribution in [0.25, 0.3) is 0 Å². The number of ketones is 1. The lowest BCUT2D eigenvalue weighted by Crippen LogP contribution is -2.26. The van der Waals surface area contributed by atoms with Gasteiger partial charge < -0.3 is 0 Å². The second-order valence-electron chi connectivity index (χ2n) is 4.21. The van der Waals surface area contributed by atoms with Gasteiger partial charge in [-0.25, -0.2) is 0 Å². The van der Waals surface area contributed by atoms with Gasteiger partial charge in [-0.2, -0.15) is 5.26 Å². The summed E-state index contributed by atoms with van der Waals surface area (Å²) in [6.07, 6.45) is 8.04. The van der Waals surface area contributed by atoms with Crippen molar-refractivity contribution in [2.45, 2.75) is 26.2 Å². The zero-order valence-corrected chi connectivity index (χ0v) is 8.29. The van der Waals surface area contributed by atoms with Gasteiger partial charge in [0, 0.05) is 6.42 Å². The third-order valence-corrected chi connectivity index (χ3v) is 3.36. The Morgan fingerprint density at radius 2 is 2.36 bits per heavy atom. The van der Waals surface area contributed by atoms with Crippen LogP contribution in [-0.2, 0) is 4.79 Å². The first kappa shape index (κ1) is 9.21. The lowest BCUT2D eigenvalue weighted by molar-refractivity contribution is -0.124. The van der Waals surface area contributed by atoms with Crippen LogP contribution in [0.1, 0.15) is 26.2 Å². The van der Waals surface area contributed by atoms with Crippen LogP contribution in [0.15, 0.2) is 23.8 Å². The predicted molar refractivity (Wildman–Crippen MR) is 53.3 cm³/mol. The standard InChI is InChI=1S/C12H13NO/c1-12-7-3-2-4-9(8-13)10(12)5-6-11(12)14/h2-3,5,9H,4,6-7H2,1H3/t9-,12?/m0/s1. The van der Waals surface area contributed by atoms with Gasteiger partial charge in [-0.1, -0.05) is 18.2 Å². The highest BCUT2D eigenvalue weighted by Crippen LogP contribution is 2.45. The van der Waals surface area contributed by atoms with Crippen molar-refractivity contribution in [1.82, 2.24) is 0 Å². The molecule has 2 aliphatic rings. The molecule has 1 unspecified atom stereocenters. The number of carbonyl (C=O) groups is 1. The van der Waals surface area contributed by atoms with E-state index in [1.807, 2.05) is 25.2 Å². The lowest BCUT2D eigenvalue weighted by Gasteiger charge is -2.25. The molecule has 0 bridgehead atoms. The van der Waals surface area contributed by atoms with Crippen LogP contribution >= 0.6 is 0 Å². The molecular weight excluding hydrogens is 174 g/mol. The number of allylic oxidation sites excluding steroid dienone is 4. The molecule has 0 spiro atoms. The average Bonchev–Trinajstić information content (AvgIpc) is 2.37. The number of rotatable bonds is 0. The molecule has 0 aliphatic heterocycles. The van der Waals surface area contributed by atoms with E-state index in [2.05, 4.69) is 6.07 Å². The van der Waals surface area contributed by atoms with Crippen LogP contribution in [0, 0.1) is 22.7 Å². The van der Waals surface area contributed by atoms with Crippen LogP contribution in [0.3, 0.4) is 0 Å². The van der Waals surface area contributed by atoms with Gasteiger partial charge in [0.15, 0.2) is 0 Å². The van der Waals surface area contributed by atoms with Gasteiger partial charge in [-0.05, 0) is 25.3 Å². The Labute approximate surface area is 83.9 Å². The average molecular weight is 187 g/mol. The van der Waals surface area contributed by atoms with E-state index in [1.54, 1.807) is 0 Å². The van der Waals surface area contributed by atoms with Gasteiger partial charge in [-0.15, -0.1) is 0 Å². The highest BCUT2D eigenvalue weighted by molar-refractivity contribution is 5.92. The first-order chi connectivity index (χ1) is 6.68. The molecular formula is C12H13NO. The van der Waals surface area contributed by atoms with E-state index in [0.29, 0.717) is 6.42 Å². The Hall–Kier alpha value is -1.36. The molecule has 2 nitrogen and oxygen atoms in total. The van der Waals surface area contributed by atoms with E-state index in [9.17, 15) is 4.79 Å². The molecule has 72 valence electrons. The molecule has 2 atom stereocenters. The zero-order chi connectivity index (χ0) is 10.2. The maximum absolute atomic E-state index is 11.7. The van der Waals surface area contributed by atoms with Crippen molar-refractivity contribution in [2.75, 3.05) is 0 Å². The van der Waals surface area contributed by atoms with Gasteiger partial charge in [0.2, 0.25) is 0 Å². The molecule has 0 heterocycles. The molecule has 2 heteroatoms. The van der Waals surface area contributed by atoms with Crippen molar-refractivity contribution in [2.24, 2.45) is 11.3 Å². The van der Waals surface area contributed by atoms with Crippen molar-refractivity contribution in [1.29, 1.82) is 5.26 Å². The minimum atomic E-state index is -0.382. The topological polar surface area (TPSA) is 40.9 Å². The maximum Gasteiger partial charge on any atom is 0.146 e. The molecule has 0 saturated heterocycles. The van der Waals surface area contributed by atoms with E-state index in [0.717, 1.165) is 18.4 Å². The minimum Gasteiger partial charge on any atom is -0.298 e. The van der Waals surface area contributed by atoms with E-state index in [-0.39, 0.29) is 17.1 Å². The number of hydrogen-bond donors (Lipinski definition) is 0. The first-order valence-corrected chi connectivity index (χ1v) is 4.97. The molecule has 0 radical (unpaired) electrons. The summed E-state index contributed by atoms with van der Waals surface area (Å²) in [5.74, 6) is 0.171. The summed E-state index contributed by atoms with van der Waals surface area (Å²) in [5, 5.41) is 9.03. The molecule has 0 aromatic carbocycles. The summed E-state index contributed by atoms with van der Waals surface area (Å²) in [5.41, 5.74) is 0.669. The Morgan fingerprint density at radius 3 is 3.07 bits per heavy atom. The van der Waals surface area contributed by atoms with Crippen LogP contribution in [0.2, 0.25) is 0 Å². The fraction of sp³-hybridized carbons (Fsp3) is 0.500. The summed E-state index contributed by atoms with van der Waals surface area (Å²) in [6.45, 7) is 1.97. The number of fused-ring (bicyclic) bond motifs is 1. The summed E-state index contributed by atoms with van der Waals surface area (Å²) >= 11 is 0. The fourth-order valence-electron chi connectivity index (χ4n) is 2.37. The second kappa shape index (κ2) is 3.09. The van der Waals surface area contributed by atoms with E-state index < -0.39 is 0 Å². The van der Waals surface area contributed by atoms with E-state index in [4.69, 9.17) is 5.26 Å². The Morgan fingerprint density at radius 1 is 1.57 bits per heavy atom. The predicted octanol–water partition coefficient (Wildman–Crippen LogP) is 2.38. The van der Waals surface area contributed by atoms with Crippen LogP contribution in [0.5, 0.6) is 0 Å². The highest BCUT2D eigenvalue weighted by Gasteiger charge is 2.43. The second-order valence-corrected chi connectivity index (χ2v) is 4.21. The normalized spacial score (nSPS) is 35.9. The van der Waals surface area contributed by atoms with Crippen LogP contribution < -0.4 is 0 Å². The summed E-state index contributed by atoms with van der Waals surface area (Å²) in [6, 6.07) is 2.29. The summed E-state index contributed by atoms with van der Waals surface area (Å²) in [4.78, 5) is 11.7. The van der Waals surface area contributed by atoms with E-state index in [1.165, 1.54) is 0 Å². The third kappa shape index (κ3) is 1.13. The van der Waals surface area contributed by atoms with Gasteiger partial charge in [-0.3, -0.25) is 4.79 Å².